The van der Waals surface area contributed by atoms with Crippen LogP contribution in [0.5, 0.6) is 0 Å². The number of anilines is 1. The molecule has 0 atom stereocenters. The van der Waals surface area contributed by atoms with Crippen LogP contribution in [0.15, 0.2) is 23.3 Å². The molecule has 2 heterocycles. The summed E-state index contributed by atoms with van der Waals surface area (Å²) in [7, 11) is 2.18. The van der Waals surface area contributed by atoms with Crippen LogP contribution in [0.25, 0.3) is 0 Å². The van der Waals surface area contributed by atoms with Crippen molar-refractivity contribution < 1.29 is 4.74 Å². The molecular formula is C24H42N6O. The number of aromatic nitrogens is 1. The number of ether oxygens (including phenoxy) is 1. The van der Waals surface area contributed by atoms with E-state index >= 15 is 0 Å². The maximum absolute atomic E-state index is 5.66. The summed E-state index contributed by atoms with van der Waals surface area (Å²) in [6, 6.07) is 4.27. The van der Waals surface area contributed by atoms with E-state index in [-0.39, 0.29) is 0 Å². The van der Waals surface area contributed by atoms with Crippen LogP contribution in [-0.2, 0) is 11.3 Å². The fourth-order valence-corrected chi connectivity index (χ4v) is 4.62. The molecule has 2 aliphatic rings. The third-order valence-corrected chi connectivity index (χ3v) is 6.68. The summed E-state index contributed by atoms with van der Waals surface area (Å²) < 4.78 is 5.66. The number of rotatable bonds is 10. The number of aliphatic imine (C=N–C) groups is 1. The van der Waals surface area contributed by atoms with E-state index in [0.29, 0.717) is 12.0 Å². The number of nitrogens with one attached hydrogen (secondary N) is 2. The van der Waals surface area contributed by atoms with Crippen molar-refractivity contribution in [2.75, 3.05) is 64.4 Å². The fraction of sp³-hybridized carbons (Fsp3) is 0.750. The molecule has 174 valence electrons. The second-order valence-electron chi connectivity index (χ2n) is 9.02. The number of pyridine rings is 1. The Kier molecular flexibility index (Phi) is 9.40. The first kappa shape index (κ1) is 23.8. The van der Waals surface area contributed by atoms with Gasteiger partial charge in [0.2, 0.25) is 0 Å². The Morgan fingerprint density at radius 2 is 1.94 bits per heavy atom. The van der Waals surface area contributed by atoms with Crippen LogP contribution in [0, 0.1) is 5.41 Å². The van der Waals surface area contributed by atoms with E-state index in [0.717, 1.165) is 70.7 Å². The predicted octanol–water partition coefficient (Wildman–Crippen LogP) is 2.88. The molecule has 7 heteroatoms. The van der Waals surface area contributed by atoms with Gasteiger partial charge in [0.1, 0.15) is 5.82 Å². The van der Waals surface area contributed by atoms with Gasteiger partial charge in [0.25, 0.3) is 0 Å². The number of nitrogens with zero attached hydrogens (tertiary/aromatic N) is 4. The standard InChI is InChI=1S/C24H42N6O/c1-4-25-23(28-20-24(9-6-7-10-24)11-17-31-5-2)27-19-21-8-12-26-22(18-21)30-15-13-29(3)14-16-30/h8,12,18H,4-7,9-11,13-17,19-20H2,1-3H3,(H2,25,27,28). The van der Waals surface area contributed by atoms with Gasteiger partial charge in [-0.25, -0.2) is 9.98 Å². The van der Waals surface area contributed by atoms with Crippen molar-refractivity contribution in [2.24, 2.45) is 10.4 Å². The average Bonchev–Trinajstić information content (AvgIpc) is 3.26. The number of guanidine groups is 1. The van der Waals surface area contributed by atoms with E-state index in [1.807, 2.05) is 6.20 Å². The highest BCUT2D eigenvalue weighted by Crippen LogP contribution is 2.40. The second-order valence-corrected chi connectivity index (χ2v) is 9.02. The smallest absolute Gasteiger partial charge is 0.191 e. The lowest BCUT2D eigenvalue weighted by Gasteiger charge is -2.33. The van der Waals surface area contributed by atoms with Crippen molar-refractivity contribution in [1.82, 2.24) is 20.5 Å². The highest BCUT2D eigenvalue weighted by Gasteiger charge is 2.33. The van der Waals surface area contributed by atoms with Crippen LogP contribution in [0.1, 0.15) is 51.5 Å². The van der Waals surface area contributed by atoms with Crippen LogP contribution < -0.4 is 15.5 Å². The van der Waals surface area contributed by atoms with Crippen LogP contribution in [0.3, 0.4) is 0 Å². The zero-order chi connectivity index (χ0) is 21.9. The van der Waals surface area contributed by atoms with Crippen molar-refractivity contribution in [1.29, 1.82) is 0 Å². The Hall–Kier alpha value is -1.86. The zero-order valence-electron chi connectivity index (χ0n) is 19.8. The maximum atomic E-state index is 5.66. The zero-order valence-corrected chi connectivity index (χ0v) is 19.8. The Morgan fingerprint density at radius 3 is 2.65 bits per heavy atom. The summed E-state index contributed by atoms with van der Waals surface area (Å²) in [6.45, 7) is 12.6. The van der Waals surface area contributed by atoms with Gasteiger partial charge in [-0.3, -0.25) is 0 Å². The van der Waals surface area contributed by atoms with Gasteiger partial charge in [-0.05, 0) is 63.3 Å². The number of hydrogen-bond acceptors (Lipinski definition) is 5. The summed E-state index contributed by atoms with van der Waals surface area (Å²) in [5, 5.41) is 7.06. The average molecular weight is 431 g/mol. The van der Waals surface area contributed by atoms with Crippen LogP contribution in [0.2, 0.25) is 0 Å². The Balaban J connectivity index is 1.58. The lowest BCUT2D eigenvalue weighted by molar-refractivity contribution is 0.105. The van der Waals surface area contributed by atoms with Crippen molar-refractivity contribution in [3.63, 3.8) is 0 Å². The molecule has 0 amide bonds. The molecule has 0 unspecified atom stereocenters. The lowest BCUT2D eigenvalue weighted by atomic mass is 9.83. The van der Waals surface area contributed by atoms with Gasteiger partial charge in [-0.1, -0.05) is 12.8 Å². The van der Waals surface area contributed by atoms with Crippen LogP contribution >= 0.6 is 0 Å². The Labute approximate surface area is 188 Å². The molecule has 0 spiro atoms. The Morgan fingerprint density at radius 1 is 1.16 bits per heavy atom. The summed E-state index contributed by atoms with van der Waals surface area (Å²) in [5.74, 6) is 1.97. The van der Waals surface area contributed by atoms with Gasteiger partial charge in [-0.15, -0.1) is 0 Å². The number of likely N-dealkylation sites (N-methyl/N-ethyl adjacent to an activating group) is 1. The van der Waals surface area contributed by atoms with E-state index in [4.69, 9.17) is 9.73 Å². The molecule has 1 aromatic heterocycles. The molecule has 1 aliphatic heterocycles. The van der Waals surface area contributed by atoms with Crippen LogP contribution in [-0.4, -0.2) is 75.4 Å². The van der Waals surface area contributed by atoms with Crippen molar-refractivity contribution in [2.45, 2.75) is 52.5 Å². The summed E-state index contributed by atoms with van der Waals surface area (Å²) >= 11 is 0. The van der Waals surface area contributed by atoms with Crippen molar-refractivity contribution in [3.8, 4) is 0 Å². The summed E-state index contributed by atoms with van der Waals surface area (Å²) in [4.78, 5) is 14.2. The lowest BCUT2D eigenvalue weighted by Crippen LogP contribution is -2.44. The van der Waals surface area contributed by atoms with E-state index in [1.54, 1.807) is 0 Å². The van der Waals surface area contributed by atoms with E-state index in [2.05, 4.69) is 58.4 Å². The molecule has 2 fully saturated rings. The highest BCUT2D eigenvalue weighted by atomic mass is 16.5. The fourth-order valence-electron chi connectivity index (χ4n) is 4.62. The first-order valence-electron chi connectivity index (χ1n) is 12.1. The minimum atomic E-state index is 0.344. The molecule has 1 saturated heterocycles. The normalized spacial score (nSPS) is 19.6. The van der Waals surface area contributed by atoms with Gasteiger partial charge in [0, 0.05) is 58.7 Å². The molecular weight excluding hydrogens is 388 g/mol. The van der Waals surface area contributed by atoms with Gasteiger partial charge in [0.05, 0.1) is 6.54 Å². The van der Waals surface area contributed by atoms with Gasteiger partial charge < -0.3 is 25.2 Å². The third-order valence-electron chi connectivity index (χ3n) is 6.68. The van der Waals surface area contributed by atoms with Gasteiger partial charge in [0.15, 0.2) is 5.96 Å². The molecule has 3 rings (SSSR count). The minimum absolute atomic E-state index is 0.344. The minimum Gasteiger partial charge on any atom is -0.382 e. The SMILES string of the molecule is CCNC(=NCc1ccnc(N2CCN(C)CC2)c1)NCC1(CCOCC)CCCC1. The third kappa shape index (κ3) is 7.35. The molecule has 0 radical (unpaired) electrons. The molecule has 1 aliphatic carbocycles. The molecule has 0 bridgehead atoms. The predicted molar refractivity (Wildman–Crippen MR) is 129 cm³/mol. The molecule has 2 N–H and O–H groups in total. The first-order valence-corrected chi connectivity index (χ1v) is 12.1. The van der Waals surface area contributed by atoms with Crippen molar-refractivity contribution >= 4 is 11.8 Å². The molecule has 0 aromatic carbocycles. The molecule has 31 heavy (non-hydrogen) atoms. The Bertz CT molecular complexity index is 680. The van der Waals surface area contributed by atoms with Crippen LogP contribution in [0.4, 0.5) is 5.82 Å². The van der Waals surface area contributed by atoms with E-state index in [1.165, 1.54) is 31.2 Å². The quantitative estimate of drug-likeness (QED) is 0.338. The van der Waals surface area contributed by atoms with Crippen molar-refractivity contribution in [3.05, 3.63) is 23.9 Å². The van der Waals surface area contributed by atoms with Gasteiger partial charge >= 0.3 is 0 Å². The van der Waals surface area contributed by atoms with Gasteiger partial charge in [-0.2, -0.15) is 0 Å². The molecule has 7 nitrogen and oxygen atoms in total. The molecule has 1 aromatic rings. The topological polar surface area (TPSA) is 65.0 Å². The van der Waals surface area contributed by atoms with E-state index in [9.17, 15) is 0 Å². The molecule has 1 saturated carbocycles. The largest absolute Gasteiger partial charge is 0.382 e. The first-order chi connectivity index (χ1) is 15.1. The maximum Gasteiger partial charge on any atom is 0.191 e. The van der Waals surface area contributed by atoms with E-state index < -0.39 is 0 Å². The monoisotopic (exact) mass is 430 g/mol. The number of piperazine rings is 1. The highest BCUT2D eigenvalue weighted by molar-refractivity contribution is 5.79. The number of hydrogen-bond donors (Lipinski definition) is 2. The second kappa shape index (κ2) is 12.2. The summed E-state index contributed by atoms with van der Waals surface area (Å²) in [5.41, 5.74) is 1.55. The summed E-state index contributed by atoms with van der Waals surface area (Å²) in [6.07, 6.45) is 8.27.